The average molecular weight is 433 g/mol. The van der Waals surface area contributed by atoms with Crippen molar-refractivity contribution in [3.05, 3.63) is 56.4 Å². The summed E-state index contributed by atoms with van der Waals surface area (Å²) in [5.41, 5.74) is 0.787. The second kappa shape index (κ2) is 9.28. The van der Waals surface area contributed by atoms with Gasteiger partial charge >= 0.3 is 23.7 Å². The number of nitro groups is 1. The highest BCUT2D eigenvalue weighted by Gasteiger charge is 2.38. The largest absolute Gasteiger partial charge is 0.466 e. The van der Waals surface area contributed by atoms with Gasteiger partial charge in [-0.05, 0) is 25.5 Å². The number of benzene rings is 1. The lowest BCUT2D eigenvalue weighted by Gasteiger charge is -2.30. The van der Waals surface area contributed by atoms with Gasteiger partial charge in [0, 0.05) is 31.6 Å². The SMILES string of the molecule is COC(=O)C1=C(C)NC(C)=C(C(=O)OC)C1c1ccc(OC(=O)N(C)C)c([N+](=O)[O-])c1. The maximum Gasteiger partial charge on any atom is 0.414 e. The van der Waals surface area contributed by atoms with E-state index in [0.717, 1.165) is 11.0 Å². The lowest BCUT2D eigenvalue weighted by molar-refractivity contribution is -0.385. The summed E-state index contributed by atoms with van der Waals surface area (Å²) in [5, 5.41) is 14.6. The quantitative estimate of drug-likeness (QED) is 0.421. The van der Waals surface area contributed by atoms with Crippen LogP contribution in [-0.2, 0) is 19.1 Å². The normalized spacial score (nSPS) is 14.0. The molecular weight excluding hydrogens is 410 g/mol. The molecule has 1 amide bonds. The molecule has 11 nitrogen and oxygen atoms in total. The molecule has 0 saturated heterocycles. The van der Waals surface area contributed by atoms with Gasteiger partial charge in [0.25, 0.3) is 0 Å². The van der Waals surface area contributed by atoms with Crippen LogP contribution in [0.5, 0.6) is 5.75 Å². The summed E-state index contributed by atoms with van der Waals surface area (Å²) in [4.78, 5) is 49.0. The number of dihydropyridines is 1. The Bertz CT molecular complexity index is 972. The molecule has 1 N–H and O–H groups in total. The van der Waals surface area contributed by atoms with Gasteiger partial charge in [0.15, 0.2) is 0 Å². The van der Waals surface area contributed by atoms with Crippen LogP contribution in [0.4, 0.5) is 10.5 Å². The molecule has 1 aliphatic rings. The van der Waals surface area contributed by atoms with Gasteiger partial charge in [-0.2, -0.15) is 0 Å². The molecule has 0 aromatic heterocycles. The highest BCUT2D eigenvalue weighted by atomic mass is 16.6. The Labute approximate surface area is 178 Å². The molecule has 1 aromatic carbocycles. The van der Waals surface area contributed by atoms with Crippen molar-refractivity contribution in [3.63, 3.8) is 0 Å². The Morgan fingerprint density at radius 3 is 1.97 bits per heavy atom. The first-order valence-corrected chi connectivity index (χ1v) is 9.06. The molecule has 1 heterocycles. The van der Waals surface area contributed by atoms with Crippen molar-refractivity contribution >= 4 is 23.7 Å². The number of nitrogens with one attached hydrogen (secondary N) is 1. The number of nitro benzene ring substituents is 1. The van der Waals surface area contributed by atoms with Crippen molar-refractivity contribution in [2.75, 3.05) is 28.3 Å². The standard InChI is InChI=1S/C20H23N3O8/c1-10-15(18(24)29-5)17(16(11(2)21-10)19(25)30-6)12-7-8-14(13(9-12)23(27)28)31-20(26)22(3)4/h7-9,17,21H,1-6H3. The molecule has 0 unspecified atom stereocenters. The number of esters is 2. The summed E-state index contributed by atoms with van der Waals surface area (Å²) < 4.78 is 14.8. The number of carbonyl (C=O) groups is 3. The van der Waals surface area contributed by atoms with Crippen molar-refractivity contribution in [2.45, 2.75) is 19.8 Å². The second-order valence-electron chi connectivity index (χ2n) is 6.87. The van der Waals surface area contributed by atoms with E-state index in [9.17, 15) is 24.5 Å². The Balaban J connectivity index is 2.72. The van der Waals surface area contributed by atoms with Gasteiger partial charge in [-0.25, -0.2) is 14.4 Å². The summed E-state index contributed by atoms with van der Waals surface area (Å²) in [6.45, 7) is 3.25. The highest BCUT2D eigenvalue weighted by molar-refractivity contribution is 5.99. The van der Waals surface area contributed by atoms with Crippen LogP contribution in [0.2, 0.25) is 0 Å². The monoisotopic (exact) mass is 433 g/mol. The summed E-state index contributed by atoms with van der Waals surface area (Å²) >= 11 is 0. The summed E-state index contributed by atoms with van der Waals surface area (Å²) in [6, 6.07) is 3.83. The third kappa shape index (κ3) is 4.65. The fraction of sp³-hybridized carbons (Fsp3) is 0.350. The van der Waals surface area contributed by atoms with Crippen molar-refractivity contribution in [1.82, 2.24) is 10.2 Å². The van der Waals surface area contributed by atoms with E-state index < -0.39 is 34.6 Å². The number of hydrogen-bond donors (Lipinski definition) is 1. The molecule has 0 radical (unpaired) electrons. The smallest absolute Gasteiger partial charge is 0.414 e. The number of nitrogens with zero attached hydrogens (tertiary/aromatic N) is 2. The van der Waals surface area contributed by atoms with E-state index in [4.69, 9.17) is 14.2 Å². The van der Waals surface area contributed by atoms with E-state index in [1.165, 1.54) is 40.4 Å². The molecule has 0 aliphatic carbocycles. The lowest BCUT2D eigenvalue weighted by Crippen LogP contribution is -2.32. The molecule has 2 rings (SSSR count). The zero-order valence-corrected chi connectivity index (χ0v) is 18.0. The molecule has 166 valence electrons. The molecule has 0 atom stereocenters. The van der Waals surface area contributed by atoms with Gasteiger partial charge in [-0.1, -0.05) is 6.07 Å². The summed E-state index contributed by atoms with van der Waals surface area (Å²) in [5.74, 6) is -2.70. The van der Waals surface area contributed by atoms with Crippen LogP contribution in [0.3, 0.4) is 0 Å². The van der Waals surface area contributed by atoms with E-state index in [0.29, 0.717) is 11.4 Å². The summed E-state index contributed by atoms with van der Waals surface area (Å²) in [6.07, 6.45) is -0.797. The van der Waals surface area contributed by atoms with Gasteiger partial charge in [-0.15, -0.1) is 0 Å². The second-order valence-corrected chi connectivity index (χ2v) is 6.87. The van der Waals surface area contributed by atoms with Gasteiger partial charge in [0.2, 0.25) is 5.75 Å². The molecule has 0 spiro atoms. The minimum atomic E-state index is -1.00. The zero-order valence-electron chi connectivity index (χ0n) is 18.0. The van der Waals surface area contributed by atoms with Gasteiger partial charge in [-0.3, -0.25) is 10.1 Å². The van der Waals surface area contributed by atoms with E-state index in [-0.39, 0.29) is 22.5 Å². The Hall–Kier alpha value is -3.89. The number of hydrogen-bond acceptors (Lipinski definition) is 9. The number of ether oxygens (including phenoxy) is 3. The minimum absolute atomic E-state index is 0.0980. The first kappa shape index (κ1) is 23.4. The molecule has 31 heavy (non-hydrogen) atoms. The first-order chi connectivity index (χ1) is 14.5. The molecular formula is C20H23N3O8. The third-order valence-electron chi connectivity index (χ3n) is 4.65. The average Bonchev–Trinajstić information content (AvgIpc) is 2.72. The van der Waals surface area contributed by atoms with Gasteiger partial charge in [0.05, 0.1) is 36.2 Å². The Morgan fingerprint density at radius 2 is 1.55 bits per heavy atom. The predicted molar refractivity (Wildman–Crippen MR) is 108 cm³/mol. The van der Waals surface area contributed by atoms with Crippen molar-refractivity contribution in [1.29, 1.82) is 0 Å². The van der Waals surface area contributed by atoms with E-state index >= 15 is 0 Å². The van der Waals surface area contributed by atoms with Crippen LogP contribution in [0.1, 0.15) is 25.3 Å². The zero-order chi connectivity index (χ0) is 23.5. The fourth-order valence-electron chi connectivity index (χ4n) is 3.22. The first-order valence-electron chi connectivity index (χ1n) is 9.06. The van der Waals surface area contributed by atoms with Crippen LogP contribution in [0.15, 0.2) is 40.7 Å². The van der Waals surface area contributed by atoms with Crippen molar-refractivity contribution in [3.8, 4) is 5.75 Å². The Kier molecular flexibility index (Phi) is 7.00. The molecule has 0 saturated carbocycles. The number of methoxy groups -OCH3 is 2. The highest BCUT2D eigenvalue weighted by Crippen LogP contribution is 2.41. The molecule has 1 aliphatic heterocycles. The molecule has 0 bridgehead atoms. The van der Waals surface area contributed by atoms with Crippen LogP contribution in [0.25, 0.3) is 0 Å². The minimum Gasteiger partial charge on any atom is -0.466 e. The Morgan fingerprint density at radius 1 is 1.03 bits per heavy atom. The molecule has 11 heteroatoms. The van der Waals surface area contributed by atoms with E-state index in [1.54, 1.807) is 13.8 Å². The van der Waals surface area contributed by atoms with Gasteiger partial charge in [0.1, 0.15) is 0 Å². The number of allylic oxidation sites excluding steroid dienone is 2. The molecule has 0 fully saturated rings. The van der Waals surface area contributed by atoms with Crippen molar-refractivity contribution < 1.29 is 33.5 Å². The summed E-state index contributed by atoms with van der Waals surface area (Å²) in [7, 11) is 5.25. The molecule has 1 aromatic rings. The number of carbonyl (C=O) groups excluding carboxylic acids is 3. The number of rotatable bonds is 5. The predicted octanol–water partition coefficient (Wildman–Crippen LogP) is 2.24. The van der Waals surface area contributed by atoms with Crippen LogP contribution in [-0.4, -0.2) is 56.2 Å². The van der Waals surface area contributed by atoms with E-state index in [1.807, 2.05) is 0 Å². The van der Waals surface area contributed by atoms with E-state index in [2.05, 4.69) is 5.32 Å². The maximum atomic E-state index is 12.5. The fourth-order valence-corrected chi connectivity index (χ4v) is 3.22. The van der Waals surface area contributed by atoms with Crippen molar-refractivity contribution in [2.24, 2.45) is 0 Å². The van der Waals surface area contributed by atoms with Crippen LogP contribution in [0, 0.1) is 10.1 Å². The van der Waals surface area contributed by atoms with Crippen LogP contribution < -0.4 is 10.1 Å². The number of amides is 1. The van der Waals surface area contributed by atoms with Gasteiger partial charge < -0.3 is 24.4 Å². The third-order valence-corrected chi connectivity index (χ3v) is 4.65. The lowest BCUT2D eigenvalue weighted by atomic mass is 9.80. The maximum absolute atomic E-state index is 12.5. The topological polar surface area (TPSA) is 137 Å². The van der Waals surface area contributed by atoms with Crippen LogP contribution >= 0.6 is 0 Å².